The minimum Gasteiger partial charge on any atom is -0.304 e. The third-order valence-electron chi connectivity index (χ3n) is 6.33. The van der Waals surface area contributed by atoms with Crippen LogP contribution in [0.1, 0.15) is 29.2 Å². The number of aryl methyl sites for hydroxylation is 2. The van der Waals surface area contributed by atoms with Gasteiger partial charge in [0, 0.05) is 16.3 Å². The number of carbonyl (C=O) groups is 2. The fourth-order valence-electron chi connectivity index (χ4n) is 4.53. The van der Waals surface area contributed by atoms with Crippen molar-refractivity contribution in [2.24, 2.45) is 0 Å². The minimum atomic E-state index is -1.11. The summed E-state index contributed by atoms with van der Waals surface area (Å²) in [6.07, 6.45) is 0. The number of thioether (sulfide) groups is 1. The number of anilines is 2. The Balaban J connectivity index is 1.66. The highest BCUT2D eigenvalue weighted by atomic mass is 35.5. The van der Waals surface area contributed by atoms with Crippen molar-refractivity contribution in [1.29, 1.82) is 0 Å². The smallest absolute Gasteiger partial charge is 0.269 e. The van der Waals surface area contributed by atoms with E-state index in [1.165, 1.54) is 11.8 Å². The Morgan fingerprint density at radius 3 is 2.41 bits per heavy atom. The topological polar surface area (TPSA) is 40.6 Å². The summed E-state index contributed by atoms with van der Waals surface area (Å²) in [5.74, 6) is -0.135. The fourth-order valence-corrected chi connectivity index (χ4v) is 6.19. The average molecular weight is 463 g/mol. The molecular weight excluding hydrogens is 440 g/mol. The largest absolute Gasteiger partial charge is 0.304 e. The predicted molar refractivity (Wildman–Crippen MR) is 131 cm³/mol. The van der Waals surface area contributed by atoms with Crippen LogP contribution in [0.2, 0.25) is 5.02 Å². The molecule has 3 aromatic rings. The van der Waals surface area contributed by atoms with Crippen LogP contribution in [0.3, 0.4) is 0 Å². The summed E-state index contributed by atoms with van der Waals surface area (Å²) in [6.45, 7) is 6.37. The molecule has 162 valence electrons. The van der Waals surface area contributed by atoms with E-state index in [0.29, 0.717) is 11.6 Å². The first-order valence-corrected chi connectivity index (χ1v) is 11.8. The molecule has 1 saturated heterocycles. The normalized spacial score (nSPS) is 22.2. The van der Waals surface area contributed by atoms with E-state index >= 15 is 0 Å². The molecule has 6 heteroatoms. The molecule has 2 atom stereocenters. The fraction of sp³-hybridized carbons (Fsp3) is 0.231. The van der Waals surface area contributed by atoms with Gasteiger partial charge in [0.2, 0.25) is 10.8 Å². The monoisotopic (exact) mass is 462 g/mol. The van der Waals surface area contributed by atoms with E-state index < -0.39 is 4.87 Å². The minimum absolute atomic E-state index is 0.0465. The molecule has 0 aliphatic carbocycles. The van der Waals surface area contributed by atoms with Crippen molar-refractivity contribution in [1.82, 2.24) is 0 Å². The summed E-state index contributed by atoms with van der Waals surface area (Å²) >= 11 is 7.48. The van der Waals surface area contributed by atoms with Crippen LogP contribution in [-0.2, 0) is 21.0 Å². The van der Waals surface area contributed by atoms with E-state index in [1.807, 2.05) is 87.5 Å². The molecule has 2 aliphatic rings. The molecule has 2 heterocycles. The number of halogens is 1. The number of amides is 2. The number of carbonyl (C=O) groups excluding carboxylic acids is 2. The van der Waals surface area contributed by atoms with E-state index in [0.717, 1.165) is 33.6 Å². The average Bonchev–Trinajstić information content (AvgIpc) is 3.18. The lowest BCUT2D eigenvalue weighted by molar-refractivity contribution is -0.124. The Kier molecular flexibility index (Phi) is 5.06. The Bertz CT molecular complexity index is 1240. The van der Waals surface area contributed by atoms with Gasteiger partial charge in [0.1, 0.15) is 0 Å². The molecule has 3 aromatic carbocycles. The molecule has 0 bridgehead atoms. The zero-order valence-corrected chi connectivity index (χ0v) is 19.7. The molecule has 2 aliphatic heterocycles. The maximum atomic E-state index is 14.2. The van der Waals surface area contributed by atoms with Crippen molar-refractivity contribution in [2.45, 2.75) is 37.4 Å². The molecule has 0 radical (unpaired) electrons. The number of hydrogen-bond acceptors (Lipinski definition) is 3. The SMILES string of the molecule is Cc1ccc(N2C(=O)[C@@H](C)S[C@@]23C(=O)N(Cc2ccc(Cl)cc2)c2ccccc23)cc1C. The quantitative estimate of drug-likeness (QED) is 0.492. The van der Waals surface area contributed by atoms with Gasteiger partial charge in [-0.1, -0.05) is 48.0 Å². The Labute approximate surface area is 197 Å². The third-order valence-corrected chi connectivity index (χ3v) is 8.05. The van der Waals surface area contributed by atoms with Crippen molar-refractivity contribution >= 4 is 46.6 Å². The second-order valence-corrected chi connectivity index (χ2v) is 10.4. The Morgan fingerprint density at radius 2 is 1.69 bits per heavy atom. The molecule has 0 N–H and O–H groups in total. The van der Waals surface area contributed by atoms with Crippen LogP contribution >= 0.6 is 23.4 Å². The summed E-state index contributed by atoms with van der Waals surface area (Å²) in [5.41, 5.74) is 5.68. The van der Waals surface area contributed by atoms with Crippen molar-refractivity contribution < 1.29 is 9.59 Å². The van der Waals surface area contributed by atoms with E-state index in [1.54, 1.807) is 9.80 Å². The number of para-hydroxylation sites is 1. The Hall–Kier alpha value is -2.76. The lowest BCUT2D eigenvalue weighted by atomic mass is 10.0. The van der Waals surface area contributed by atoms with Gasteiger partial charge in [0.05, 0.1) is 17.5 Å². The van der Waals surface area contributed by atoms with Gasteiger partial charge >= 0.3 is 0 Å². The molecule has 4 nitrogen and oxygen atoms in total. The van der Waals surface area contributed by atoms with Gasteiger partial charge in [-0.15, -0.1) is 11.8 Å². The summed E-state index contributed by atoms with van der Waals surface area (Å²) in [4.78, 5) is 30.0. The van der Waals surface area contributed by atoms with Gasteiger partial charge in [-0.05, 0) is 67.8 Å². The first kappa shape index (κ1) is 21.1. The highest BCUT2D eigenvalue weighted by Crippen LogP contribution is 2.58. The second-order valence-electron chi connectivity index (χ2n) is 8.38. The summed E-state index contributed by atoms with van der Waals surface area (Å²) in [5, 5.41) is 0.328. The molecule has 2 amide bonds. The van der Waals surface area contributed by atoms with Crippen LogP contribution in [0.5, 0.6) is 0 Å². The van der Waals surface area contributed by atoms with Crippen LogP contribution in [0.4, 0.5) is 11.4 Å². The van der Waals surface area contributed by atoms with Crippen LogP contribution in [0.25, 0.3) is 0 Å². The first-order chi connectivity index (χ1) is 15.3. The third kappa shape index (κ3) is 3.06. The summed E-state index contributed by atoms with van der Waals surface area (Å²) in [6, 6.07) is 21.3. The number of nitrogens with zero attached hydrogens (tertiary/aromatic N) is 2. The van der Waals surface area contributed by atoms with Gasteiger partial charge < -0.3 is 4.90 Å². The summed E-state index contributed by atoms with van der Waals surface area (Å²) in [7, 11) is 0. The van der Waals surface area contributed by atoms with Gasteiger partial charge in [0.25, 0.3) is 5.91 Å². The molecule has 1 spiro atoms. The second kappa shape index (κ2) is 7.68. The van der Waals surface area contributed by atoms with E-state index in [4.69, 9.17) is 11.6 Å². The van der Waals surface area contributed by atoms with Gasteiger partial charge in [-0.25, -0.2) is 0 Å². The zero-order chi connectivity index (χ0) is 22.6. The van der Waals surface area contributed by atoms with Crippen molar-refractivity contribution in [3.05, 3.63) is 94.0 Å². The Morgan fingerprint density at radius 1 is 0.969 bits per heavy atom. The first-order valence-electron chi connectivity index (χ1n) is 10.6. The van der Waals surface area contributed by atoms with Crippen LogP contribution in [0.15, 0.2) is 66.7 Å². The summed E-state index contributed by atoms with van der Waals surface area (Å²) < 4.78 is 0. The number of benzene rings is 3. The lowest BCUT2D eigenvalue weighted by Crippen LogP contribution is -2.49. The number of hydrogen-bond donors (Lipinski definition) is 0. The molecular formula is C26H23ClN2O2S. The van der Waals surface area contributed by atoms with E-state index in [-0.39, 0.29) is 17.1 Å². The van der Waals surface area contributed by atoms with Crippen LogP contribution < -0.4 is 9.80 Å². The lowest BCUT2D eigenvalue weighted by Gasteiger charge is -2.33. The highest BCUT2D eigenvalue weighted by molar-refractivity contribution is 8.03. The molecule has 0 saturated carbocycles. The number of fused-ring (bicyclic) bond motifs is 2. The predicted octanol–water partition coefficient (Wildman–Crippen LogP) is 5.82. The molecule has 32 heavy (non-hydrogen) atoms. The molecule has 1 fully saturated rings. The van der Waals surface area contributed by atoms with Crippen molar-refractivity contribution in [3.63, 3.8) is 0 Å². The van der Waals surface area contributed by atoms with Crippen molar-refractivity contribution in [3.8, 4) is 0 Å². The van der Waals surface area contributed by atoms with Gasteiger partial charge in [-0.2, -0.15) is 0 Å². The standard InChI is InChI=1S/C26H23ClN2O2S/c1-16-8-13-21(14-17(16)2)29-24(30)18(3)32-26(29)22-6-4-5-7-23(22)28(25(26)31)15-19-9-11-20(27)12-10-19/h4-14,18H,15H2,1-3H3/t18-,26+/m1/s1. The zero-order valence-electron chi connectivity index (χ0n) is 18.1. The van der Waals surface area contributed by atoms with Crippen LogP contribution in [0, 0.1) is 13.8 Å². The van der Waals surface area contributed by atoms with Crippen LogP contribution in [-0.4, -0.2) is 17.1 Å². The maximum Gasteiger partial charge on any atom is 0.269 e. The number of rotatable bonds is 3. The van der Waals surface area contributed by atoms with E-state index in [9.17, 15) is 9.59 Å². The molecule has 0 unspecified atom stereocenters. The molecule has 5 rings (SSSR count). The molecule has 0 aromatic heterocycles. The van der Waals surface area contributed by atoms with E-state index in [2.05, 4.69) is 0 Å². The van der Waals surface area contributed by atoms with Gasteiger partial charge in [-0.3, -0.25) is 14.5 Å². The highest BCUT2D eigenvalue weighted by Gasteiger charge is 2.63. The maximum absolute atomic E-state index is 14.2. The van der Waals surface area contributed by atoms with Crippen molar-refractivity contribution in [2.75, 3.05) is 9.80 Å². The van der Waals surface area contributed by atoms with Gasteiger partial charge in [0.15, 0.2) is 0 Å².